The van der Waals surface area contributed by atoms with Gasteiger partial charge in [0.25, 0.3) is 5.91 Å². The Balaban J connectivity index is 2.44. The van der Waals surface area contributed by atoms with Crippen molar-refractivity contribution in [3.63, 3.8) is 0 Å². The standard InChI is InChI=1S/C24H29Cl2N3O6/c1-6-32-16-10-13-20(33-7-2)19(14-16)29(26)24(31)21(15(5)30)28-27-18-12-11-17(25)22(34-8-3)23(18)35-9-4/h10-14,21H,6-9H2,1-5H3. The van der Waals surface area contributed by atoms with Crippen molar-refractivity contribution in [2.24, 2.45) is 10.2 Å². The number of halogens is 2. The zero-order valence-electron chi connectivity index (χ0n) is 20.3. The highest BCUT2D eigenvalue weighted by atomic mass is 35.5. The van der Waals surface area contributed by atoms with Gasteiger partial charge in [-0.2, -0.15) is 10.2 Å². The molecule has 0 heterocycles. The van der Waals surface area contributed by atoms with Gasteiger partial charge >= 0.3 is 0 Å². The van der Waals surface area contributed by atoms with Crippen molar-refractivity contribution in [3.05, 3.63) is 35.4 Å². The third-order valence-corrected chi connectivity index (χ3v) is 5.11. The minimum atomic E-state index is -1.52. The van der Waals surface area contributed by atoms with Crippen LogP contribution in [0.5, 0.6) is 23.0 Å². The number of hydrogen-bond donors (Lipinski definition) is 0. The maximum Gasteiger partial charge on any atom is 0.276 e. The van der Waals surface area contributed by atoms with E-state index in [1.54, 1.807) is 51.1 Å². The van der Waals surface area contributed by atoms with Crippen LogP contribution in [0.15, 0.2) is 40.6 Å². The van der Waals surface area contributed by atoms with Gasteiger partial charge < -0.3 is 18.9 Å². The highest BCUT2D eigenvalue weighted by Crippen LogP contribution is 2.43. The number of amides is 1. The maximum atomic E-state index is 13.2. The Hall–Kier alpha value is -3.04. The van der Waals surface area contributed by atoms with Gasteiger partial charge in [-0.15, -0.1) is 0 Å². The molecule has 0 aliphatic rings. The summed E-state index contributed by atoms with van der Waals surface area (Å²) in [5, 5.41) is 8.44. The Morgan fingerprint density at radius 1 is 0.914 bits per heavy atom. The van der Waals surface area contributed by atoms with Crippen LogP contribution in [0.1, 0.15) is 34.6 Å². The quantitative estimate of drug-likeness (QED) is 0.176. The number of ketones is 1. The van der Waals surface area contributed by atoms with E-state index in [1.165, 1.54) is 6.92 Å². The van der Waals surface area contributed by atoms with Crippen LogP contribution in [0.3, 0.4) is 0 Å². The first kappa shape index (κ1) is 28.2. The lowest BCUT2D eigenvalue weighted by Gasteiger charge is -2.20. The van der Waals surface area contributed by atoms with Gasteiger partial charge in [0.15, 0.2) is 17.3 Å². The van der Waals surface area contributed by atoms with E-state index in [2.05, 4.69) is 10.2 Å². The van der Waals surface area contributed by atoms with E-state index in [1.807, 2.05) is 6.92 Å². The summed E-state index contributed by atoms with van der Waals surface area (Å²) in [7, 11) is 0. The number of benzene rings is 2. The molecular weight excluding hydrogens is 497 g/mol. The van der Waals surface area contributed by atoms with E-state index in [0.717, 1.165) is 4.42 Å². The molecule has 35 heavy (non-hydrogen) atoms. The summed E-state index contributed by atoms with van der Waals surface area (Å²) >= 11 is 12.6. The summed E-state index contributed by atoms with van der Waals surface area (Å²) in [6.07, 6.45) is 0. The molecule has 2 rings (SSSR count). The Morgan fingerprint density at radius 3 is 2.14 bits per heavy atom. The van der Waals surface area contributed by atoms with Crippen LogP contribution < -0.4 is 23.4 Å². The molecule has 11 heteroatoms. The number of carbonyl (C=O) groups excluding carboxylic acids is 2. The third kappa shape index (κ3) is 7.22. The predicted molar refractivity (Wildman–Crippen MR) is 135 cm³/mol. The van der Waals surface area contributed by atoms with Gasteiger partial charge in [-0.3, -0.25) is 9.59 Å². The molecule has 1 amide bonds. The summed E-state index contributed by atoms with van der Waals surface area (Å²) in [5.74, 6) is 0.0136. The van der Waals surface area contributed by atoms with Gasteiger partial charge in [0, 0.05) is 17.8 Å². The molecule has 0 aromatic heterocycles. The minimum absolute atomic E-state index is 0.214. The number of nitrogens with zero attached hydrogens (tertiary/aromatic N) is 3. The second-order valence-corrected chi connectivity index (χ2v) is 7.68. The molecule has 2 aromatic rings. The molecule has 0 spiro atoms. The van der Waals surface area contributed by atoms with E-state index < -0.39 is 17.7 Å². The molecular formula is C24H29Cl2N3O6. The molecule has 1 atom stereocenters. The molecule has 2 aromatic carbocycles. The fourth-order valence-corrected chi connectivity index (χ4v) is 3.43. The molecule has 190 valence electrons. The number of rotatable bonds is 13. The zero-order valence-corrected chi connectivity index (χ0v) is 21.9. The Kier molecular flexibility index (Phi) is 11.1. The molecule has 0 saturated carbocycles. The molecule has 0 N–H and O–H groups in total. The number of hydrogen-bond acceptors (Lipinski definition) is 8. The van der Waals surface area contributed by atoms with E-state index >= 15 is 0 Å². The fourth-order valence-electron chi connectivity index (χ4n) is 3.00. The van der Waals surface area contributed by atoms with E-state index in [9.17, 15) is 9.59 Å². The van der Waals surface area contributed by atoms with Crippen molar-refractivity contribution in [1.29, 1.82) is 0 Å². The molecule has 0 bridgehead atoms. The fraction of sp³-hybridized carbons (Fsp3) is 0.417. The normalized spacial score (nSPS) is 11.7. The minimum Gasteiger partial charge on any atom is -0.494 e. The molecule has 1 unspecified atom stereocenters. The summed E-state index contributed by atoms with van der Waals surface area (Å²) in [4.78, 5) is 25.6. The predicted octanol–water partition coefficient (Wildman–Crippen LogP) is 6.16. The second kappa shape index (κ2) is 13.7. The van der Waals surface area contributed by atoms with Crippen LogP contribution in [0.4, 0.5) is 11.4 Å². The highest BCUT2D eigenvalue weighted by Gasteiger charge is 2.31. The van der Waals surface area contributed by atoms with Crippen molar-refractivity contribution in [2.75, 3.05) is 30.8 Å². The zero-order chi connectivity index (χ0) is 26.0. The number of anilines is 1. The lowest BCUT2D eigenvalue weighted by atomic mass is 10.2. The van der Waals surface area contributed by atoms with Crippen molar-refractivity contribution >= 4 is 46.4 Å². The Morgan fingerprint density at radius 2 is 1.54 bits per heavy atom. The molecule has 0 radical (unpaired) electrons. The lowest BCUT2D eigenvalue weighted by Crippen LogP contribution is -2.36. The van der Waals surface area contributed by atoms with Crippen LogP contribution in [0.2, 0.25) is 5.02 Å². The number of Topliss-reactive ketones (excluding diaryl/α,β-unsaturated/α-hetero) is 1. The maximum absolute atomic E-state index is 13.2. The average molecular weight is 526 g/mol. The van der Waals surface area contributed by atoms with Gasteiger partial charge in [-0.05, 0) is 58.9 Å². The van der Waals surface area contributed by atoms with Gasteiger partial charge in [0.05, 0.1) is 31.5 Å². The monoisotopic (exact) mass is 525 g/mol. The molecule has 0 aliphatic carbocycles. The summed E-state index contributed by atoms with van der Waals surface area (Å²) < 4.78 is 23.1. The smallest absolute Gasteiger partial charge is 0.276 e. The SMILES string of the molecule is CCOc1ccc(OCC)c(N(Cl)C(=O)C(N=Nc2ccc(Cl)c(OCC)c2OCC)C(C)=O)c1. The second-order valence-electron chi connectivity index (χ2n) is 6.93. The number of azo groups is 1. The summed E-state index contributed by atoms with van der Waals surface area (Å²) in [6, 6.07) is 6.48. The average Bonchev–Trinajstić information content (AvgIpc) is 2.83. The third-order valence-electron chi connectivity index (χ3n) is 4.47. The van der Waals surface area contributed by atoms with E-state index in [0.29, 0.717) is 48.7 Å². The van der Waals surface area contributed by atoms with Crippen molar-refractivity contribution in [2.45, 2.75) is 40.7 Å². The number of carbonyl (C=O) groups is 2. The van der Waals surface area contributed by atoms with Crippen molar-refractivity contribution < 1.29 is 28.5 Å². The van der Waals surface area contributed by atoms with E-state index in [4.69, 9.17) is 42.3 Å². The first-order valence-corrected chi connectivity index (χ1v) is 11.9. The van der Waals surface area contributed by atoms with Crippen LogP contribution in [0, 0.1) is 0 Å². The largest absolute Gasteiger partial charge is 0.494 e. The molecule has 9 nitrogen and oxygen atoms in total. The van der Waals surface area contributed by atoms with E-state index in [-0.39, 0.29) is 17.1 Å². The van der Waals surface area contributed by atoms with Crippen LogP contribution in [-0.2, 0) is 9.59 Å². The van der Waals surface area contributed by atoms with Gasteiger partial charge in [-0.25, -0.2) is 4.42 Å². The van der Waals surface area contributed by atoms with Crippen LogP contribution in [-0.4, -0.2) is 44.2 Å². The van der Waals surface area contributed by atoms with Gasteiger partial charge in [-0.1, -0.05) is 11.6 Å². The topological polar surface area (TPSA) is 99.0 Å². The first-order chi connectivity index (χ1) is 16.8. The lowest BCUT2D eigenvalue weighted by molar-refractivity contribution is -0.126. The van der Waals surface area contributed by atoms with Crippen molar-refractivity contribution in [1.82, 2.24) is 0 Å². The summed E-state index contributed by atoms with van der Waals surface area (Å²) in [5.41, 5.74) is 0.458. The van der Waals surface area contributed by atoms with Crippen LogP contribution >= 0.6 is 23.4 Å². The van der Waals surface area contributed by atoms with Crippen molar-refractivity contribution in [3.8, 4) is 23.0 Å². The number of ether oxygens (including phenoxy) is 4. The van der Waals surface area contributed by atoms with Gasteiger partial charge in [0.1, 0.15) is 22.9 Å². The molecule has 0 aliphatic heterocycles. The Labute approximate surface area is 215 Å². The molecule has 0 fully saturated rings. The highest BCUT2D eigenvalue weighted by molar-refractivity contribution is 6.39. The summed E-state index contributed by atoms with van der Waals surface area (Å²) in [6.45, 7) is 9.86. The molecule has 0 saturated heterocycles. The first-order valence-electron chi connectivity index (χ1n) is 11.2. The van der Waals surface area contributed by atoms with Crippen LogP contribution in [0.25, 0.3) is 0 Å². The van der Waals surface area contributed by atoms with Gasteiger partial charge in [0.2, 0.25) is 6.04 Å². The Bertz CT molecular complexity index is 1060.